The van der Waals surface area contributed by atoms with Crippen molar-refractivity contribution in [2.24, 2.45) is 5.92 Å². The number of hydrogen-bond donors (Lipinski definition) is 3. The maximum atomic E-state index is 13.8. The van der Waals surface area contributed by atoms with Gasteiger partial charge in [-0.25, -0.2) is 23.4 Å². The van der Waals surface area contributed by atoms with Crippen LogP contribution in [0.5, 0.6) is 5.75 Å². The van der Waals surface area contributed by atoms with Crippen LogP contribution in [-0.4, -0.2) is 70.5 Å². The average molecular weight is 611 g/mol. The monoisotopic (exact) mass is 610 g/mol. The SMILES string of the molecule is Cc1nc2ccc(S(=O)(=O)N(CC(C)C)C[C@@H](O)[C@H](Cc3ccccc3)NC(=O)COc3c(C)nc(N)nc3C)cc2o1. The van der Waals surface area contributed by atoms with Gasteiger partial charge in [-0.3, -0.25) is 4.79 Å². The quantitative estimate of drug-likeness (QED) is 0.204. The first kappa shape index (κ1) is 31.9. The Labute approximate surface area is 251 Å². The molecule has 0 unspecified atom stereocenters. The van der Waals surface area contributed by atoms with Gasteiger partial charge in [0, 0.05) is 26.1 Å². The summed E-state index contributed by atoms with van der Waals surface area (Å²) in [7, 11) is -4.04. The lowest BCUT2D eigenvalue weighted by Crippen LogP contribution is -2.52. The van der Waals surface area contributed by atoms with Crippen LogP contribution in [0.25, 0.3) is 11.1 Å². The fourth-order valence-electron chi connectivity index (χ4n) is 4.82. The van der Waals surface area contributed by atoms with Crippen molar-refractivity contribution in [2.45, 2.75) is 58.1 Å². The zero-order chi connectivity index (χ0) is 31.3. The molecule has 1 amide bonds. The van der Waals surface area contributed by atoms with E-state index in [9.17, 15) is 18.3 Å². The van der Waals surface area contributed by atoms with Gasteiger partial charge in [0.15, 0.2) is 23.8 Å². The molecule has 0 aliphatic rings. The van der Waals surface area contributed by atoms with Crippen molar-refractivity contribution >= 4 is 33.0 Å². The number of aliphatic hydroxyl groups is 1. The molecule has 12 nitrogen and oxygen atoms in total. The topological polar surface area (TPSA) is 174 Å². The normalized spacial score (nSPS) is 13.4. The number of carbonyl (C=O) groups is 1. The zero-order valence-corrected chi connectivity index (χ0v) is 25.8. The van der Waals surface area contributed by atoms with E-state index in [4.69, 9.17) is 14.9 Å². The van der Waals surface area contributed by atoms with E-state index in [-0.39, 0.29) is 42.9 Å². The number of amides is 1. The summed E-state index contributed by atoms with van der Waals surface area (Å²) in [5.74, 6) is 0.339. The van der Waals surface area contributed by atoms with Gasteiger partial charge in [0.05, 0.1) is 28.4 Å². The van der Waals surface area contributed by atoms with Crippen molar-refractivity contribution in [1.82, 2.24) is 24.6 Å². The fourth-order valence-corrected chi connectivity index (χ4v) is 6.46. The minimum Gasteiger partial charge on any atom is -0.480 e. The number of sulfonamides is 1. The van der Waals surface area contributed by atoms with Gasteiger partial charge in [-0.2, -0.15) is 4.31 Å². The molecular weight excluding hydrogens is 572 g/mol. The average Bonchev–Trinajstić information content (AvgIpc) is 3.31. The van der Waals surface area contributed by atoms with Crippen molar-refractivity contribution in [2.75, 3.05) is 25.4 Å². The van der Waals surface area contributed by atoms with Crippen molar-refractivity contribution in [3.63, 3.8) is 0 Å². The molecule has 4 N–H and O–H groups in total. The molecule has 4 rings (SSSR count). The second-order valence-electron chi connectivity index (χ2n) is 10.9. The molecular formula is C30H38N6O6S. The van der Waals surface area contributed by atoms with Gasteiger partial charge >= 0.3 is 0 Å². The highest BCUT2D eigenvalue weighted by Gasteiger charge is 2.32. The molecule has 0 saturated heterocycles. The highest BCUT2D eigenvalue weighted by atomic mass is 32.2. The lowest BCUT2D eigenvalue weighted by Gasteiger charge is -2.30. The molecule has 2 aromatic heterocycles. The minimum absolute atomic E-state index is 0.0255. The van der Waals surface area contributed by atoms with Crippen molar-refractivity contribution in [3.05, 3.63) is 71.4 Å². The van der Waals surface area contributed by atoms with Crippen molar-refractivity contribution in [3.8, 4) is 5.75 Å². The number of ether oxygens (including phenoxy) is 1. The molecule has 2 atom stereocenters. The fraction of sp³-hybridized carbons (Fsp3) is 0.400. The largest absolute Gasteiger partial charge is 0.480 e. The third-order valence-electron chi connectivity index (χ3n) is 6.74. The summed E-state index contributed by atoms with van der Waals surface area (Å²) in [4.78, 5) is 25.5. The lowest BCUT2D eigenvalue weighted by atomic mass is 10.0. The summed E-state index contributed by atoms with van der Waals surface area (Å²) in [6.07, 6.45) is -0.993. The van der Waals surface area contributed by atoms with Crippen LogP contribution < -0.4 is 15.8 Å². The number of fused-ring (bicyclic) bond motifs is 1. The number of nitrogens with two attached hydrogens (primary N) is 1. The number of nitrogens with one attached hydrogen (secondary N) is 1. The number of anilines is 1. The van der Waals surface area contributed by atoms with E-state index in [1.807, 2.05) is 44.2 Å². The Balaban J connectivity index is 1.55. The number of aryl methyl sites for hydroxylation is 3. The Hall–Kier alpha value is -4.07. The number of nitrogens with zero attached hydrogens (tertiary/aromatic N) is 4. The van der Waals surface area contributed by atoms with Gasteiger partial charge in [0.2, 0.25) is 16.0 Å². The number of hydrogen-bond acceptors (Lipinski definition) is 10. The van der Waals surface area contributed by atoms with Gasteiger partial charge in [-0.15, -0.1) is 0 Å². The van der Waals surface area contributed by atoms with Crippen LogP contribution in [0.15, 0.2) is 57.8 Å². The number of rotatable bonds is 13. The van der Waals surface area contributed by atoms with E-state index >= 15 is 0 Å². The summed E-state index contributed by atoms with van der Waals surface area (Å²) in [6, 6.07) is 13.0. The molecule has 0 aliphatic heterocycles. The molecule has 0 bridgehead atoms. The van der Waals surface area contributed by atoms with Crippen LogP contribution in [0.3, 0.4) is 0 Å². The van der Waals surface area contributed by atoms with Crippen LogP contribution in [0.4, 0.5) is 5.95 Å². The van der Waals surface area contributed by atoms with Gasteiger partial charge in [0.1, 0.15) is 5.52 Å². The maximum absolute atomic E-state index is 13.8. The van der Waals surface area contributed by atoms with Gasteiger partial charge in [0.25, 0.3) is 5.91 Å². The van der Waals surface area contributed by atoms with Gasteiger partial charge in [-0.05, 0) is 43.9 Å². The molecule has 0 spiro atoms. The van der Waals surface area contributed by atoms with E-state index in [1.165, 1.54) is 16.4 Å². The van der Waals surface area contributed by atoms with E-state index in [0.29, 0.717) is 34.1 Å². The van der Waals surface area contributed by atoms with E-state index in [1.54, 1.807) is 26.8 Å². The first-order valence-corrected chi connectivity index (χ1v) is 15.4. The predicted octanol–water partition coefficient (Wildman–Crippen LogP) is 2.94. The van der Waals surface area contributed by atoms with Crippen LogP contribution in [0.2, 0.25) is 0 Å². The minimum atomic E-state index is -4.04. The number of benzene rings is 2. The number of nitrogen functional groups attached to an aromatic ring is 1. The maximum Gasteiger partial charge on any atom is 0.258 e. The molecule has 230 valence electrons. The predicted molar refractivity (Wildman–Crippen MR) is 162 cm³/mol. The van der Waals surface area contributed by atoms with Crippen molar-refractivity contribution in [1.29, 1.82) is 0 Å². The third-order valence-corrected chi connectivity index (χ3v) is 8.57. The van der Waals surface area contributed by atoms with Crippen LogP contribution >= 0.6 is 0 Å². The van der Waals surface area contributed by atoms with Gasteiger partial charge < -0.3 is 25.3 Å². The summed E-state index contributed by atoms with van der Waals surface area (Å²) >= 11 is 0. The Kier molecular flexibility index (Phi) is 9.99. The van der Waals surface area contributed by atoms with Crippen molar-refractivity contribution < 1.29 is 27.5 Å². The van der Waals surface area contributed by atoms with E-state index in [0.717, 1.165) is 5.56 Å². The Morgan fingerprint density at radius 2 is 1.72 bits per heavy atom. The summed E-state index contributed by atoms with van der Waals surface area (Å²) in [5.41, 5.74) is 8.43. The summed E-state index contributed by atoms with van der Waals surface area (Å²) < 4.78 is 40.2. The smallest absolute Gasteiger partial charge is 0.258 e. The highest BCUT2D eigenvalue weighted by Crippen LogP contribution is 2.24. The third kappa shape index (κ3) is 8.06. The number of aromatic nitrogens is 3. The zero-order valence-electron chi connectivity index (χ0n) is 24.9. The van der Waals surface area contributed by atoms with Crippen LogP contribution in [0.1, 0.15) is 36.7 Å². The Morgan fingerprint density at radius 1 is 1.05 bits per heavy atom. The van der Waals surface area contributed by atoms with E-state index < -0.39 is 28.1 Å². The lowest BCUT2D eigenvalue weighted by molar-refractivity contribution is -0.124. The van der Waals surface area contributed by atoms with Gasteiger partial charge in [-0.1, -0.05) is 44.2 Å². The Morgan fingerprint density at radius 3 is 2.37 bits per heavy atom. The Bertz CT molecular complexity index is 1650. The molecule has 0 fully saturated rings. The van der Waals surface area contributed by atoms with Crippen LogP contribution in [-0.2, 0) is 21.2 Å². The molecule has 2 heterocycles. The standard InChI is InChI=1S/C30H38N6O6S/c1-18(2)15-36(43(39,40)23-11-12-24-27(14-23)42-21(5)34-24)16-26(37)25(13-22-9-7-6-8-10-22)35-28(38)17-41-29-19(3)32-30(31)33-20(29)4/h6-12,14,18,25-26,37H,13,15-17H2,1-5H3,(H,35,38)(H2,31,32,33)/t25-,26+/m0/s1. The molecule has 0 radical (unpaired) electrons. The summed E-state index contributed by atoms with van der Waals surface area (Å²) in [6.45, 7) is 8.41. The summed E-state index contributed by atoms with van der Waals surface area (Å²) in [5, 5.41) is 14.3. The second kappa shape index (κ2) is 13.5. The second-order valence-corrected chi connectivity index (χ2v) is 12.8. The number of aliphatic hydroxyl groups excluding tert-OH is 1. The van der Waals surface area contributed by atoms with E-state index in [2.05, 4.69) is 20.3 Å². The number of oxazole rings is 1. The molecule has 13 heteroatoms. The first-order chi connectivity index (χ1) is 20.3. The molecule has 0 aliphatic carbocycles. The molecule has 2 aromatic carbocycles. The first-order valence-electron chi connectivity index (χ1n) is 14.0. The molecule has 43 heavy (non-hydrogen) atoms. The van der Waals surface area contributed by atoms with Crippen LogP contribution in [0, 0.1) is 26.7 Å². The number of carbonyl (C=O) groups excluding carboxylic acids is 1. The molecule has 4 aromatic rings. The molecule has 0 saturated carbocycles. The highest BCUT2D eigenvalue weighted by molar-refractivity contribution is 7.89.